The van der Waals surface area contributed by atoms with Gasteiger partial charge in [0, 0.05) is 16.4 Å². The van der Waals surface area contributed by atoms with Crippen LogP contribution in [0.1, 0.15) is 11.3 Å². The Balaban J connectivity index is 2.37. The molecule has 0 atom stereocenters. The molecule has 1 aromatic carbocycles. The number of benzene rings is 1. The smallest absolute Gasteiger partial charge is 0.100 e. The highest BCUT2D eigenvalue weighted by Gasteiger charge is 2.08. The van der Waals surface area contributed by atoms with Gasteiger partial charge in [0.2, 0.25) is 0 Å². The lowest BCUT2D eigenvalue weighted by molar-refractivity contribution is 0.692. The first kappa shape index (κ1) is 12.2. The van der Waals surface area contributed by atoms with Crippen molar-refractivity contribution >= 4 is 27.7 Å². The molecule has 1 heterocycles. The molecular weight excluding hydrogens is 298 g/mol. The van der Waals surface area contributed by atoms with Crippen molar-refractivity contribution < 1.29 is 0 Å². The molecule has 0 bridgehead atoms. The van der Waals surface area contributed by atoms with Crippen LogP contribution in [0.5, 0.6) is 0 Å². The standard InChI is InChI=1S/C12H10BrN3S/c1-8-5-12(16(2)15-8)17-11-4-3-10(13)6-9(11)7-14/h3-6H,1-2H3. The average molecular weight is 308 g/mol. The maximum atomic E-state index is 9.09. The second-order valence-electron chi connectivity index (χ2n) is 3.60. The van der Waals surface area contributed by atoms with Crippen LogP contribution in [0.2, 0.25) is 0 Å². The number of aromatic nitrogens is 2. The highest BCUT2D eigenvalue weighted by molar-refractivity contribution is 9.10. The molecule has 86 valence electrons. The van der Waals surface area contributed by atoms with Crippen molar-refractivity contribution in [2.75, 3.05) is 0 Å². The SMILES string of the molecule is Cc1cc(Sc2ccc(Br)cc2C#N)n(C)n1. The van der Waals surface area contributed by atoms with Crippen LogP contribution in [0.3, 0.4) is 0 Å². The molecule has 0 saturated carbocycles. The van der Waals surface area contributed by atoms with E-state index in [9.17, 15) is 0 Å². The van der Waals surface area contributed by atoms with Crippen LogP contribution in [0, 0.1) is 18.3 Å². The quantitative estimate of drug-likeness (QED) is 0.852. The number of hydrogen-bond donors (Lipinski definition) is 0. The zero-order chi connectivity index (χ0) is 12.4. The van der Waals surface area contributed by atoms with Gasteiger partial charge in [-0.05, 0) is 31.2 Å². The van der Waals surface area contributed by atoms with E-state index in [0.717, 1.165) is 20.1 Å². The summed E-state index contributed by atoms with van der Waals surface area (Å²) in [7, 11) is 1.90. The molecule has 0 aliphatic heterocycles. The molecule has 17 heavy (non-hydrogen) atoms. The minimum atomic E-state index is 0.670. The maximum Gasteiger partial charge on any atom is 0.100 e. The fourth-order valence-electron chi connectivity index (χ4n) is 1.47. The van der Waals surface area contributed by atoms with E-state index in [1.165, 1.54) is 0 Å². The Labute approximate surface area is 113 Å². The van der Waals surface area contributed by atoms with Gasteiger partial charge < -0.3 is 0 Å². The van der Waals surface area contributed by atoms with Gasteiger partial charge in [-0.1, -0.05) is 27.7 Å². The Morgan fingerprint density at radius 1 is 1.41 bits per heavy atom. The number of halogens is 1. The molecule has 2 aromatic rings. The molecule has 0 saturated heterocycles. The van der Waals surface area contributed by atoms with Gasteiger partial charge in [-0.2, -0.15) is 10.4 Å². The number of aryl methyl sites for hydroxylation is 2. The Morgan fingerprint density at radius 2 is 2.18 bits per heavy atom. The Hall–Kier alpha value is -1.25. The summed E-state index contributed by atoms with van der Waals surface area (Å²) in [6, 6.07) is 9.91. The van der Waals surface area contributed by atoms with Crippen molar-refractivity contribution in [3.63, 3.8) is 0 Å². The van der Waals surface area contributed by atoms with E-state index in [0.29, 0.717) is 5.56 Å². The third-order valence-electron chi connectivity index (χ3n) is 2.24. The predicted molar refractivity (Wildman–Crippen MR) is 70.9 cm³/mol. The zero-order valence-electron chi connectivity index (χ0n) is 9.44. The second kappa shape index (κ2) is 4.94. The van der Waals surface area contributed by atoms with E-state index in [-0.39, 0.29) is 0 Å². The number of rotatable bonds is 2. The molecule has 0 amide bonds. The molecule has 1 aromatic heterocycles. The first-order valence-corrected chi connectivity index (χ1v) is 6.59. The lowest BCUT2D eigenvalue weighted by Gasteiger charge is -2.04. The monoisotopic (exact) mass is 307 g/mol. The summed E-state index contributed by atoms with van der Waals surface area (Å²) in [6.45, 7) is 1.96. The van der Waals surface area contributed by atoms with Gasteiger partial charge in [0.05, 0.1) is 16.3 Å². The van der Waals surface area contributed by atoms with Crippen molar-refractivity contribution in [3.05, 3.63) is 40.0 Å². The summed E-state index contributed by atoms with van der Waals surface area (Å²) in [6.07, 6.45) is 0. The molecule has 0 unspecified atom stereocenters. The van der Waals surface area contributed by atoms with Crippen molar-refractivity contribution in [2.45, 2.75) is 16.8 Å². The number of nitrogens with zero attached hydrogens (tertiary/aromatic N) is 3. The lowest BCUT2D eigenvalue weighted by atomic mass is 10.2. The van der Waals surface area contributed by atoms with Gasteiger partial charge in [-0.3, -0.25) is 4.68 Å². The van der Waals surface area contributed by atoms with E-state index in [1.807, 2.05) is 42.9 Å². The van der Waals surface area contributed by atoms with Crippen LogP contribution < -0.4 is 0 Å². The minimum Gasteiger partial charge on any atom is -0.262 e. The summed E-state index contributed by atoms with van der Waals surface area (Å²) in [5.41, 5.74) is 1.65. The van der Waals surface area contributed by atoms with Crippen LogP contribution >= 0.6 is 27.7 Å². The van der Waals surface area contributed by atoms with Gasteiger partial charge >= 0.3 is 0 Å². The lowest BCUT2D eigenvalue weighted by Crippen LogP contribution is -1.92. The average Bonchev–Trinajstić information content (AvgIpc) is 2.60. The molecule has 5 heteroatoms. The molecule has 2 rings (SSSR count). The van der Waals surface area contributed by atoms with Crippen LogP contribution in [0.25, 0.3) is 0 Å². The second-order valence-corrected chi connectivity index (χ2v) is 5.58. The fraction of sp³-hybridized carbons (Fsp3) is 0.167. The third kappa shape index (κ3) is 2.71. The van der Waals surface area contributed by atoms with Crippen LogP contribution in [-0.2, 0) is 7.05 Å². The first-order valence-electron chi connectivity index (χ1n) is 4.98. The summed E-state index contributed by atoms with van der Waals surface area (Å²) in [5, 5.41) is 14.4. The Morgan fingerprint density at radius 3 is 2.76 bits per heavy atom. The molecule has 0 aliphatic rings. The highest BCUT2D eigenvalue weighted by Crippen LogP contribution is 2.31. The fourth-order valence-corrected chi connectivity index (χ4v) is 2.81. The van der Waals surface area contributed by atoms with Crippen LogP contribution in [-0.4, -0.2) is 9.78 Å². The van der Waals surface area contributed by atoms with Crippen molar-refractivity contribution in [2.24, 2.45) is 7.05 Å². The van der Waals surface area contributed by atoms with E-state index < -0.39 is 0 Å². The highest BCUT2D eigenvalue weighted by atomic mass is 79.9. The van der Waals surface area contributed by atoms with Gasteiger partial charge in [0.1, 0.15) is 6.07 Å². The Bertz CT molecular complexity index is 598. The van der Waals surface area contributed by atoms with E-state index >= 15 is 0 Å². The molecule has 0 fully saturated rings. The first-order chi connectivity index (χ1) is 8.10. The third-order valence-corrected chi connectivity index (χ3v) is 3.90. The predicted octanol–water partition coefficient (Wildman–Crippen LogP) is 3.51. The molecule has 3 nitrogen and oxygen atoms in total. The van der Waals surface area contributed by atoms with Gasteiger partial charge in [-0.25, -0.2) is 0 Å². The van der Waals surface area contributed by atoms with Gasteiger partial charge in [-0.15, -0.1) is 0 Å². The largest absolute Gasteiger partial charge is 0.262 e. The number of hydrogen-bond acceptors (Lipinski definition) is 3. The molecular formula is C12H10BrN3S. The normalized spacial score (nSPS) is 10.2. The van der Waals surface area contributed by atoms with Crippen molar-refractivity contribution in [3.8, 4) is 6.07 Å². The summed E-state index contributed by atoms with van der Waals surface area (Å²) in [4.78, 5) is 0.943. The molecule has 0 spiro atoms. The topological polar surface area (TPSA) is 41.6 Å². The van der Waals surface area contributed by atoms with Crippen LogP contribution in [0.4, 0.5) is 0 Å². The summed E-state index contributed by atoms with van der Waals surface area (Å²) >= 11 is 4.92. The zero-order valence-corrected chi connectivity index (χ0v) is 11.8. The minimum absolute atomic E-state index is 0.670. The van der Waals surface area contributed by atoms with Crippen LogP contribution in [0.15, 0.2) is 38.7 Å². The summed E-state index contributed by atoms with van der Waals surface area (Å²) < 4.78 is 2.74. The van der Waals surface area contributed by atoms with Gasteiger partial charge in [0.15, 0.2) is 0 Å². The molecule has 0 aliphatic carbocycles. The van der Waals surface area contributed by atoms with E-state index in [1.54, 1.807) is 11.8 Å². The molecule has 0 radical (unpaired) electrons. The van der Waals surface area contributed by atoms with Crippen molar-refractivity contribution in [1.82, 2.24) is 9.78 Å². The van der Waals surface area contributed by atoms with E-state index in [4.69, 9.17) is 5.26 Å². The molecule has 0 N–H and O–H groups in total. The maximum absolute atomic E-state index is 9.09. The van der Waals surface area contributed by atoms with Gasteiger partial charge in [0.25, 0.3) is 0 Å². The van der Waals surface area contributed by atoms with E-state index in [2.05, 4.69) is 27.1 Å². The number of nitriles is 1. The summed E-state index contributed by atoms with van der Waals surface area (Å²) in [5.74, 6) is 0. The Kier molecular flexibility index (Phi) is 3.55. The van der Waals surface area contributed by atoms with Crippen molar-refractivity contribution in [1.29, 1.82) is 5.26 Å².